The molecule has 1 nitrogen and oxygen atoms in total. The molecule has 0 heterocycles. The first kappa shape index (κ1) is 11.2. The summed E-state index contributed by atoms with van der Waals surface area (Å²) in [7, 11) is 1.95. The predicted molar refractivity (Wildman–Crippen MR) is 69.7 cm³/mol. The summed E-state index contributed by atoms with van der Waals surface area (Å²) in [6, 6.07) is 16.3. The Kier molecular flexibility index (Phi) is 3.60. The molecule has 0 amide bonds. The smallest absolute Gasteiger partial charge is 0.0412 e. The maximum atomic E-state index is 6.05. The van der Waals surface area contributed by atoms with Gasteiger partial charge in [0.2, 0.25) is 0 Å². The van der Waals surface area contributed by atoms with Crippen LogP contribution < -0.4 is 5.32 Å². The van der Waals surface area contributed by atoms with Crippen LogP contribution in [-0.4, -0.2) is 7.05 Å². The van der Waals surface area contributed by atoms with Gasteiger partial charge in [-0.2, -0.15) is 0 Å². The fraction of sp³-hybridized carbons (Fsp3) is 0.143. The quantitative estimate of drug-likeness (QED) is 0.849. The van der Waals surface area contributed by atoms with Crippen molar-refractivity contribution >= 4 is 11.6 Å². The summed E-state index contributed by atoms with van der Waals surface area (Å²) in [6.45, 7) is 0.849. The zero-order valence-corrected chi connectivity index (χ0v) is 9.96. The van der Waals surface area contributed by atoms with Crippen LogP contribution in [0.5, 0.6) is 0 Å². The van der Waals surface area contributed by atoms with Crippen molar-refractivity contribution in [1.29, 1.82) is 0 Å². The fourth-order valence-electron chi connectivity index (χ4n) is 1.78. The lowest BCUT2D eigenvalue weighted by molar-refractivity contribution is 0.819. The van der Waals surface area contributed by atoms with Crippen LogP contribution in [0, 0.1) is 0 Å². The van der Waals surface area contributed by atoms with Crippen molar-refractivity contribution in [2.45, 2.75) is 6.54 Å². The van der Waals surface area contributed by atoms with E-state index in [0.29, 0.717) is 0 Å². The Morgan fingerprint density at radius 3 is 2.50 bits per heavy atom. The molecule has 0 aliphatic carbocycles. The molecule has 2 rings (SSSR count). The molecule has 0 radical (unpaired) electrons. The number of benzene rings is 2. The molecule has 0 aromatic heterocycles. The zero-order chi connectivity index (χ0) is 11.4. The van der Waals surface area contributed by atoms with Crippen LogP contribution in [0.3, 0.4) is 0 Å². The van der Waals surface area contributed by atoms with Gasteiger partial charge in [-0.15, -0.1) is 0 Å². The maximum absolute atomic E-state index is 6.05. The molecule has 0 saturated heterocycles. The highest BCUT2D eigenvalue weighted by Gasteiger charge is 2.04. The fourth-order valence-corrected chi connectivity index (χ4v) is 1.95. The second-order valence-corrected chi connectivity index (χ2v) is 4.13. The summed E-state index contributed by atoms with van der Waals surface area (Å²) in [6.07, 6.45) is 0. The Morgan fingerprint density at radius 2 is 1.81 bits per heavy atom. The lowest BCUT2D eigenvalue weighted by Crippen LogP contribution is -2.06. The maximum Gasteiger partial charge on any atom is 0.0412 e. The summed E-state index contributed by atoms with van der Waals surface area (Å²) in [5, 5.41) is 3.95. The van der Waals surface area contributed by atoms with Gasteiger partial charge in [-0.1, -0.05) is 48.0 Å². The number of nitrogens with one attached hydrogen (secondary N) is 1. The summed E-state index contributed by atoms with van der Waals surface area (Å²) >= 11 is 6.05. The van der Waals surface area contributed by atoms with E-state index in [2.05, 4.69) is 23.5 Å². The first-order chi connectivity index (χ1) is 7.81. The van der Waals surface area contributed by atoms with Crippen molar-refractivity contribution in [3.63, 3.8) is 0 Å². The summed E-state index contributed by atoms with van der Waals surface area (Å²) < 4.78 is 0. The van der Waals surface area contributed by atoms with Gasteiger partial charge < -0.3 is 5.32 Å². The topological polar surface area (TPSA) is 12.0 Å². The Labute approximate surface area is 101 Å². The first-order valence-corrected chi connectivity index (χ1v) is 5.67. The van der Waals surface area contributed by atoms with Crippen molar-refractivity contribution in [3.8, 4) is 11.1 Å². The molecule has 1 N–H and O–H groups in total. The molecular formula is C14H14ClN. The zero-order valence-electron chi connectivity index (χ0n) is 9.20. The molecule has 0 bridgehead atoms. The lowest BCUT2D eigenvalue weighted by Gasteiger charge is -2.09. The standard InChI is InChI=1S/C14H14ClN/c1-16-10-12-7-8-13(15)9-14(12)11-5-3-2-4-6-11/h2-9,16H,10H2,1H3. The van der Waals surface area contributed by atoms with Gasteiger partial charge in [0.25, 0.3) is 0 Å². The minimum absolute atomic E-state index is 0.777. The second kappa shape index (κ2) is 5.15. The summed E-state index contributed by atoms with van der Waals surface area (Å²) in [5.74, 6) is 0. The van der Waals surface area contributed by atoms with Gasteiger partial charge in [0.1, 0.15) is 0 Å². The van der Waals surface area contributed by atoms with Crippen molar-refractivity contribution in [1.82, 2.24) is 5.32 Å². The van der Waals surface area contributed by atoms with E-state index in [1.807, 2.05) is 37.4 Å². The second-order valence-electron chi connectivity index (χ2n) is 3.70. The van der Waals surface area contributed by atoms with Gasteiger partial charge in [-0.25, -0.2) is 0 Å². The highest BCUT2D eigenvalue weighted by Crippen LogP contribution is 2.26. The largest absolute Gasteiger partial charge is 0.316 e. The van der Waals surface area contributed by atoms with Crippen LogP contribution in [0.1, 0.15) is 5.56 Å². The molecule has 0 unspecified atom stereocenters. The third-order valence-electron chi connectivity index (χ3n) is 2.52. The summed E-state index contributed by atoms with van der Waals surface area (Å²) in [4.78, 5) is 0. The van der Waals surface area contributed by atoms with E-state index >= 15 is 0 Å². The molecule has 0 saturated carbocycles. The molecule has 0 aliphatic heterocycles. The molecular weight excluding hydrogens is 218 g/mol. The Balaban J connectivity index is 2.49. The number of rotatable bonds is 3. The van der Waals surface area contributed by atoms with Crippen LogP contribution in [0.25, 0.3) is 11.1 Å². The molecule has 16 heavy (non-hydrogen) atoms. The highest BCUT2D eigenvalue weighted by molar-refractivity contribution is 6.30. The minimum Gasteiger partial charge on any atom is -0.316 e. The summed E-state index contributed by atoms with van der Waals surface area (Å²) in [5.41, 5.74) is 3.66. The molecule has 2 aromatic carbocycles. The van der Waals surface area contributed by atoms with E-state index in [-0.39, 0.29) is 0 Å². The Morgan fingerprint density at radius 1 is 1.06 bits per heavy atom. The van der Waals surface area contributed by atoms with Crippen LogP contribution in [0.4, 0.5) is 0 Å². The molecule has 2 aromatic rings. The normalized spacial score (nSPS) is 10.4. The van der Waals surface area contributed by atoms with Crippen molar-refractivity contribution in [2.75, 3.05) is 7.05 Å². The molecule has 0 spiro atoms. The van der Waals surface area contributed by atoms with E-state index in [0.717, 1.165) is 11.6 Å². The lowest BCUT2D eigenvalue weighted by atomic mass is 10.00. The molecule has 2 heteroatoms. The molecule has 82 valence electrons. The van der Waals surface area contributed by atoms with Gasteiger partial charge in [-0.05, 0) is 35.9 Å². The Hall–Kier alpha value is -1.31. The number of hydrogen-bond donors (Lipinski definition) is 1. The Bertz CT molecular complexity index is 465. The third kappa shape index (κ3) is 2.43. The average Bonchev–Trinajstić information content (AvgIpc) is 2.33. The van der Waals surface area contributed by atoms with E-state index in [9.17, 15) is 0 Å². The van der Waals surface area contributed by atoms with Crippen molar-refractivity contribution in [3.05, 3.63) is 59.1 Å². The van der Waals surface area contributed by atoms with Gasteiger partial charge in [0.15, 0.2) is 0 Å². The van der Waals surface area contributed by atoms with E-state index < -0.39 is 0 Å². The van der Waals surface area contributed by atoms with Crippen molar-refractivity contribution in [2.24, 2.45) is 0 Å². The van der Waals surface area contributed by atoms with Gasteiger partial charge in [0, 0.05) is 11.6 Å². The van der Waals surface area contributed by atoms with Crippen LogP contribution in [0.15, 0.2) is 48.5 Å². The van der Waals surface area contributed by atoms with Crippen molar-refractivity contribution < 1.29 is 0 Å². The molecule has 0 atom stereocenters. The van der Waals surface area contributed by atoms with Gasteiger partial charge in [-0.3, -0.25) is 0 Å². The minimum atomic E-state index is 0.777. The average molecular weight is 232 g/mol. The van der Waals surface area contributed by atoms with Gasteiger partial charge >= 0.3 is 0 Å². The van der Waals surface area contributed by atoms with Crippen LogP contribution in [0.2, 0.25) is 5.02 Å². The number of halogens is 1. The van der Waals surface area contributed by atoms with E-state index in [1.54, 1.807) is 0 Å². The van der Waals surface area contributed by atoms with Crippen LogP contribution >= 0.6 is 11.6 Å². The van der Waals surface area contributed by atoms with Crippen LogP contribution in [-0.2, 0) is 6.54 Å². The van der Waals surface area contributed by atoms with E-state index in [4.69, 9.17) is 11.6 Å². The SMILES string of the molecule is CNCc1ccc(Cl)cc1-c1ccccc1. The highest BCUT2D eigenvalue weighted by atomic mass is 35.5. The molecule has 0 fully saturated rings. The van der Waals surface area contributed by atoms with E-state index in [1.165, 1.54) is 16.7 Å². The monoisotopic (exact) mass is 231 g/mol. The third-order valence-corrected chi connectivity index (χ3v) is 2.76. The predicted octanol–water partition coefficient (Wildman–Crippen LogP) is 3.73. The molecule has 0 aliphatic rings. The van der Waals surface area contributed by atoms with Gasteiger partial charge in [0.05, 0.1) is 0 Å². The number of hydrogen-bond acceptors (Lipinski definition) is 1. The first-order valence-electron chi connectivity index (χ1n) is 5.29.